The van der Waals surface area contributed by atoms with E-state index in [-0.39, 0.29) is 0 Å². The van der Waals surface area contributed by atoms with Crippen LogP contribution in [0.5, 0.6) is 0 Å². The number of methoxy groups -OCH3 is 1. The number of rotatable bonds is 8. The van der Waals surface area contributed by atoms with Crippen LogP contribution < -0.4 is 5.32 Å². The Morgan fingerprint density at radius 2 is 1.87 bits per heavy atom. The van der Waals surface area contributed by atoms with Gasteiger partial charge < -0.3 is 14.8 Å². The standard InChI is InChI=1S/C12H25NO2/c1-14-11-9-13-8-5-10-15-12-6-3-2-4-7-12/h12-13H,2-11H2,1H3. The topological polar surface area (TPSA) is 30.5 Å². The van der Waals surface area contributed by atoms with Crippen molar-refractivity contribution in [3.05, 3.63) is 0 Å². The van der Waals surface area contributed by atoms with Crippen molar-refractivity contribution in [1.82, 2.24) is 5.32 Å². The lowest BCUT2D eigenvalue weighted by atomic mass is 9.98. The molecule has 1 aliphatic carbocycles. The highest BCUT2D eigenvalue weighted by Crippen LogP contribution is 2.20. The fourth-order valence-corrected chi connectivity index (χ4v) is 1.98. The van der Waals surface area contributed by atoms with Crippen LogP contribution in [-0.2, 0) is 9.47 Å². The first-order valence-corrected chi connectivity index (χ1v) is 6.24. The quantitative estimate of drug-likeness (QED) is 0.628. The van der Waals surface area contributed by atoms with E-state index in [1.54, 1.807) is 7.11 Å². The van der Waals surface area contributed by atoms with Gasteiger partial charge in [0.05, 0.1) is 12.7 Å². The van der Waals surface area contributed by atoms with E-state index < -0.39 is 0 Å². The SMILES string of the molecule is COCCNCCCOC1CCCCC1. The molecule has 0 aromatic rings. The summed E-state index contributed by atoms with van der Waals surface area (Å²) in [4.78, 5) is 0. The van der Waals surface area contributed by atoms with Crippen LogP contribution in [0.4, 0.5) is 0 Å². The van der Waals surface area contributed by atoms with Crippen LogP contribution in [0.25, 0.3) is 0 Å². The molecule has 0 saturated heterocycles. The van der Waals surface area contributed by atoms with Crippen LogP contribution in [0.2, 0.25) is 0 Å². The molecule has 0 spiro atoms. The average Bonchev–Trinajstić information content (AvgIpc) is 2.29. The molecule has 1 N–H and O–H groups in total. The summed E-state index contributed by atoms with van der Waals surface area (Å²) in [7, 11) is 1.73. The van der Waals surface area contributed by atoms with Crippen LogP contribution in [0.15, 0.2) is 0 Å². The highest BCUT2D eigenvalue weighted by Gasteiger charge is 2.12. The summed E-state index contributed by atoms with van der Waals surface area (Å²) in [6.07, 6.45) is 8.33. The lowest BCUT2D eigenvalue weighted by Crippen LogP contribution is -2.23. The summed E-state index contributed by atoms with van der Waals surface area (Å²) in [5.41, 5.74) is 0. The molecule has 15 heavy (non-hydrogen) atoms. The van der Waals surface area contributed by atoms with Crippen molar-refractivity contribution in [3.63, 3.8) is 0 Å². The van der Waals surface area contributed by atoms with Crippen molar-refractivity contribution in [2.75, 3.05) is 33.4 Å². The van der Waals surface area contributed by atoms with Gasteiger partial charge in [-0.15, -0.1) is 0 Å². The molecule has 0 amide bonds. The van der Waals surface area contributed by atoms with Gasteiger partial charge in [-0.05, 0) is 25.8 Å². The van der Waals surface area contributed by atoms with Gasteiger partial charge in [0.15, 0.2) is 0 Å². The summed E-state index contributed by atoms with van der Waals surface area (Å²) in [6, 6.07) is 0. The second-order valence-corrected chi connectivity index (χ2v) is 4.23. The van der Waals surface area contributed by atoms with Crippen LogP contribution in [0.3, 0.4) is 0 Å². The maximum atomic E-state index is 5.82. The highest BCUT2D eigenvalue weighted by molar-refractivity contribution is 4.65. The molecule has 0 radical (unpaired) electrons. The minimum atomic E-state index is 0.553. The maximum Gasteiger partial charge on any atom is 0.0587 e. The van der Waals surface area contributed by atoms with Crippen molar-refractivity contribution in [2.24, 2.45) is 0 Å². The van der Waals surface area contributed by atoms with Crippen LogP contribution in [-0.4, -0.2) is 39.5 Å². The molecule has 1 saturated carbocycles. The number of hydrogen-bond acceptors (Lipinski definition) is 3. The van der Waals surface area contributed by atoms with Gasteiger partial charge in [-0.1, -0.05) is 19.3 Å². The maximum absolute atomic E-state index is 5.82. The van der Waals surface area contributed by atoms with Gasteiger partial charge in [0.2, 0.25) is 0 Å². The predicted molar refractivity (Wildman–Crippen MR) is 62.2 cm³/mol. The first kappa shape index (κ1) is 12.9. The van der Waals surface area contributed by atoms with E-state index in [2.05, 4.69) is 5.32 Å². The van der Waals surface area contributed by atoms with Crippen molar-refractivity contribution >= 4 is 0 Å². The summed E-state index contributed by atoms with van der Waals surface area (Å²) in [5, 5.41) is 3.32. The summed E-state index contributed by atoms with van der Waals surface area (Å²) in [5.74, 6) is 0. The molecule has 0 aliphatic heterocycles. The van der Waals surface area contributed by atoms with Gasteiger partial charge in [0, 0.05) is 20.3 Å². The molecule has 1 aliphatic rings. The second kappa shape index (κ2) is 9.13. The van der Waals surface area contributed by atoms with Gasteiger partial charge in [0.25, 0.3) is 0 Å². The van der Waals surface area contributed by atoms with Crippen molar-refractivity contribution in [1.29, 1.82) is 0 Å². The Morgan fingerprint density at radius 3 is 2.60 bits per heavy atom. The predicted octanol–water partition coefficient (Wildman–Crippen LogP) is 1.96. The van der Waals surface area contributed by atoms with E-state index in [0.29, 0.717) is 6.10 Å². The Labute approximate surface area is 93.5 Å². The van der Waals surface area contributed by atoms with E-state index >= 15 is 0 Å². The Balaban J connectivity index is 1.79. The normalized spacial score (nSPS) is 18.2. The lowest BCUT2D eigenvalue weighted by molar-refractivity contribution is 0.0272. The zero-order valence-electron chi connectivity index (χ0n) is 9.96. The molecule has 0 aromatic carbocycles. The van der Waals surface area contributed by atoms with Crippen molar-refractivity contribution in [2.45, 2.75) is 44.6 Å². The molecule has 0 heterocycles. The van der Waals surface area contributed by atoms with E-state index in [1.165, 1.54) is 32.1 Å². The van der Waals surface area contributed by atoms with Crippen LogP contribution in [0.1, 0.15) is 38.5 Å². The largest absolute Gasteiger partial charge is 0.383 e. The molecular weight excluding hydrogens is 190 g/mol. The summed E-state index contributed by atoms with van der Waals surface area (Å²) in [6.45, 7) is 3.68. The van der Waals surface area contributed by atoms with Gasteiger partial charge in [0.1, 0.15) is 0 Å². The fourth-order valence-electron chi connectivity index (χ4n) is 1.98. The molecule has 1 fully saturated rings. The first-order valence-electron chi connectivity index (χ1n) is 6.24. The third-order valence-electron chi connectivity index (χ3n) is 2.89. The summed E-state index contributed by atoms with van der Waals surface area (Å²) >= 11 is 0. The number of ether oxygens (including phenoxy) is 2. The van der Waals surface area contributed by atoms with Crippen LogP contribution in [0, 0.1) is 0 Å². The fraction of sp³-hybridized carbons (Fsp3) is 1.00. The number of hydrogen-bond donors (Lipinski definition) is 1. The molecule has 0 unspecified atom stereocenters. The molecule has 1 rings (SSSR count). The Morgan fingerprint density at radius 1 is 1.07 bits per heavy atom. The zero-order chi connectivity index (χ0) is 10.8. The van der Waals surface area contributed by atoms with E-state index in [9.17, 15) is 0 Å². The molecule has 3 heteroatoms. The lowest BCUT2D eigenvalue weighted by Gasteiger charge is -2.21. The minimum Gasteiger partial charge on any atom is -0.383 e. The van der Waals surface area contributed by atoms with Gasteiger partial charge in [-0.3, -0.25) is 0 Å². The van der Waals surface area contributed by atoms with Crippen molar-refractivity contribution < 1.29 is 9.47 Å². The Hall–Kier alpha value is -0.120. The number of nitrogens with one attached hydrogen (secondary N) is 1. The first-order chi connectivity index (χ1) is 7.43. The molecular formula is C12H25NO2. The molecule has 0 aromatic heterocycles. The summed E-state index contributed by atoms with van der Waals surface area (Å²) < 4.78 is 10.8. The van der Waals surface area contributed by atoms with E-state index in [0.717, 1.165) is 32.7 Å². The Kier molecular flexibility index (Phi) is 7.88. The highest BCUT2D eigenvalue weighted by atomic mass is 16.5. The third-order valence-corrected chi connectivity index (χ3v) is 2.89. The third kappa shape index (κ3) is 6.88. The van der Waals surface area contributed by atoms with Gasteiger partial charge in [-0.25, -0.2) is 0 Å². The molecule has 0 bridgehead atoms. The second-order valence-electron chi connectivity index (χ2n) is 4.23. The van der Waals surface area contributed by atoms with Gasteiger partial charge in [-0.2, -0.15) is 0 Å². The van der Waals surface area contributed by atoms with Gasteiger partial charge >= 0.3 is 0 Å². The minimum absolute atomic E-state index is 0.553. The van der Waals surface area contributed by atoms with Crippen LogP contribution >= 0.6 is 0 Å². The molecule has 90 valence electrons. The van der Waals surface area contributed by atoms with E-state index in [4.69, 9.17) is 9.47 Å². The van der Waals surface area contributed by atoms with Crippen molar-refractivity contribution in [3.8, 4) is 0 Å². The average molecular weight is 215 g/mol. The molecule has 3 nitrogen and oxygen atoms in total. The van der Waals surface area contributed by atoms with E-state index in [1.807, 2.05) is 0 Å². The zero-order valence-corrected chi connectivity index (χ0v) is 9.96. The smallest absolute Gasteiger partial charge is 0.0587 e. The monoisotopic (exact) mass is 215 g/mol. The molecule has 0 atom stereocenters. The Bertz CT molecular complexity index is 136.